The topological polar surface area (TPSA) is 30.5 Å². The monoisotopic (exact) mass is 271 g/mol. The molecule has 0 spiro atoms. The number of para-hydroxylation sites is 1. The third-order valence-electron chi connectivity index (χ3n) is 3.10. The van der Waals surface area contributed by atoms with E-state index in [1.807, 2.05) is 37.3 Å². The van der Waals surface area contributed by atoms with Gasteiger partial charge in [0.1, 0.15) is 11.5 Å². The molecule has 0 bridgehead atoms. The van der Waals surface area contributed by atoms with E-state index in [1.54, 1.807) is 7.11 Å². The first kappa shape index (κ1) is 14.3. The number of benzene rings is 2. The summed E-state index contributed by atoms with van der Waals surface area (Å²) in [6, 6.07) is 14.2. The summed E-state index contributed by atoms with van der Waals surface area (Å²) in [4.78, 5) is 0. The van der Waals surface area contributed by atoms with Crippen LogP contribution in [0.3, 0.4) is 0 Å². The van der Waals surface area contributed by atoms with Crippen molar-refractivity contribution in [3.63, 3.8) is 0 Å². The Morgan fingerprint density at radius 3 is 2.60 bits per heavy atom. The first-order chi connectivity index (χ1) is 9.74. The highest BCUT2D eigenvalue weighted by Crippen LogP contribution is 2.27. The SMILES string of the molecule is CCOc1ccccc1CNc1cc(C)ccc1OC. The summed E-state index contributed by atoms with van der Waals surface area (Å²) >= 11 is 0. The largest absolute Gasteiger partial charge is 0.495 e. The van der Waals surface area contributed by atoms with Crippen LogP contribution >= 0.6 is 0 Å². The van der Waals surface area contributed by atoms with E-state index in [0.717, 1.165) is 22.7 Å². The minimum absolute atomic E-state index is 0.671. The lowest BCUT2D eigenvalue weighted by atomic mass is 10.1. The van der Waals surface area contributed by atoms with E-state index in [4.69, 9.17) is 9.47 Å². The fraction of sp³-hybridized carbons (Fsp3) is 0.294. The number of aryl methyl sites for hydroxylation is 1. The van der Waals surface area contributed by atoms with E-state index in [2.05, 4.69) is 24.4 Å². The van der Waals surface area contributed by atoms with E-state index in [9.17, 15) is 0 Å². The molecule has 0 heterocycles. The molecule has 0 atom stereocenters. The van der Waals surface area contributed by atoms with E-state index >= 15 is 0 Å². The molecule has 20 heavy (non-hydrogen) atoms. The van der Waals surface area contributed by atoms with Crippen LogP contribution in [-0.4, -0.2) is 13.7 Å². The van der Waals surface area contributed by atoms with E-state index in [1.165, 1.54) is 5.56 Å². The number of hydrogen-bond donors (Lipinski definition) is 1. The number of hydrogen-bond acceptors (Lipinski definition) is 3. The molecule has 3 nitrogen and oxygen atoms in total. The average molecular weight is 271 g/mol. The van der Waals surface area contributed by atoms with Crippen molar-refractivity contribution >= 4 is 5.69 Å². The highest BCUT2D eigenvalue weighted by atomic mass is 16.5. The first-order valence-corrected chi connectivity index (χ1v) is 6.83. The van der Waals surface area contributed by atoms with Crippen molar-refractivity contribution in [2.24, 2.45) is 0 Å². The molecule has 3 heteroatoms. The highest BCUT2D eigenvalue weighted by Gasteiger charge is 2.05. The summed E-state index contributed by atoms with van der Waals surface area (Å²) in [5, 5.41) is 3.42. The molecule has 0 radical (unpaired) electrons. The normalized spacial score (nSPS) is 10.2. The smallest absolute Gasteiger partial charge is 0.141 e. The second-order valence-electron chi connectivity index (χ2n) is 4.60. The number of methoxy groups -OCH3 is 1. The van der Waals surface area contributed by atoms with Gasteiger partial charge in [0.05, 0.1) is 19.4 Å². The second-order valence-corrected chi connectivity index (χ2v) is 4.60. The van der Waals surface area contributed by atoms with Crippen molar-refractivity contribution in [1.82, 2.24) is 0 Å². The van der Waals surface area contributed by atoms with Crippen LogP contribution in [0.1, 0.15) is 18.1 Å². The quantitative estimate of drug-likeness (QED) is 0.861. The minimum Gasteiger partial charge on any atom is -0.495 e. The second kappa shape index (κ2) is 6.85. The lowest BCUT2D eigenvalue weighted by Gasteiger charge is -2.14. The molecule has 0 aromatic heterocycles. The molecule has 0 aliphatic carbocycles. The lowest BCUT2D eigenvalue weighted by molar-refractivity contribution is 0.337. The maximum absolute atomic E-state index is 5.63. The number of ether oxygens (including phenoxy) is 2. The van der Waals surface area contributed by atoms with Crippen molar-refractivity contribution in [1.29, 1.82) is 0 Å². The molecule has 1 N–H and O–H groups in total. The average Bonchev–Trinajstić information content (AvgIpc) is 2.47. The summed E-state index contributed by atoms with van der Waals surface area (Å²) < 4.78 is 11.0. The zero-order valence-electron chi connectivity index (χ0n) is 12.3. The standard InChI is InChI=1S/C17H21NO2/c1-4-20-16-8-6-5-7-14(16)12-18-15-11-13(2)9-10-17(15)19-3/h5-11,18H,4,12H2,1-3H3. The predicted octanol–water partition coefficient (Wildman–Crippen LogP) is 4.01. The van der Waals surface area contributed by atoms with Crippen LogP contribution in [0.5, 0.6) is 11.5 Å². The summed E-state index contributed by atoms with van der Waals surface area (Å²) in [6.07, 6.45) is 0. The third kappa shape index (κ3) is 3.44. The molecule has 0 aliphatic rings. The number of anilines is 1. The van der Waals surface area contributed by atoms with E-state index in [-0.39, 0.29) is 0 Å². The molecular formula is C17H21NO2. The Morgan fingerprint density at radius 2 is 1.85 bits per heavy atom. The Kier molecular flexibility index (Phi) is 4.88. The van der Waals surface area contributed by atoms with E-state index in [0.29, 0.717) is 13.2 Å². The fourth-order valence-corrected chi connectivity index (χ4v) is 2.10. The molecule has 0 saturated carbocycles. The maximum atomic E-state index is 5.63. The van der Waals surface area contributed by atoms with Crippen molar-refractivity contribution in [2.45, 2.75) is 20.4 Å². The van der Waals surface area contributed by atoms with Crippen molar-refractivity contribution in [3.05, 3.63) is 53.6 Å². The summed E-state index contributed by atoms with van der Waals surface area (Å²) in [5.74, 6) is 1.78. The van der Waals surface area contributed by atoms with Crippen molar-refractivity contribution < 1.29 is 9.47 Å². The molecule has 0 unspecified atom stereocenters. The van der Waals surface area contributed by atoms with Gasteiger partial charge < -0.3 is 14.8 Å². The Morgan fingerprint density at radius 1 is 1.05 bits per heavy atom. The Labute approximate surface area is 120 Å². The summed E-state index contributed by atoms with van der Waals surface area (Å²) in [5.41, 5.74) is 3.34. The van der Waals surface area contributed by atoms with Gasteiger partial charge in [-0.1, -0.05) is 24.3 Å². The first-order valence-electron chi connectivity index (χ1n) is 6.83. The van der Waals surface area contributed by atoms with Gasteiger partial charge in [-0.25, -0.2) is 0 Å². The van der Waals surface area contributed by atoms with Gasteiger partial charge in [-0.3, -0.25) is 0 Å². The van der Waals surface area contributed by atoms with Gasteiger partial charge in [-0.2, -0.15) is 0 Å². The van der Waals surface area contributed by atoms with Crippen molar-refractivity contribution in [2.75, 3.05) is 19.0 Å². The lowest BCUT2D eigenvalue weighted by Crippen LogP contribution is -2.04. The molecule has 2 aromatic rings. The minimum atomic E-state index is 0.671. The maximum Gasteiger partial charge on any atom is 0.141 e. The summed E-state index contributed by atoms with van der Waals surface area (Å²) in [6.45, 7) is 5.44. The third-order valence-corrected chi connectivity index (χ3v) is 3.10. The summed E-state index contributed by atoms with van der Waals surface area (Å²) in [7, 11) is 1.68. The van der Waals surface area contributed by atoms with Crippen LogP contribution in [-0.2, 0) is 6.54 Å². The van der Waals surface area contributed by atoms with Crippen LogP contribution < -0.4 is 14.8 Å². The van der Waals surface area contributed by atoms with Gasteiger partial charge in [0.15, 0.2) is 0 Å². The Bertz CT molecular complexity index is 567. The van der Waals surface area contributed by atoms with Gasteiger partial charge in [-0.05, 0) is 37.6 Å². The predicted molar refractivity (Wildman–Crippen MR) is 82.7 cm³/mol. The Balaban J connectivity index is 2.14. The molecule has 2 aromatic carbocycles. The van der Waals surface area contributed by atoms with Gasteiger partial charge in [0.25, 0.3) is 0 Å². The number of rotatable bonds is 6. The van der Waals surface area contributed by atoms with Gasteiger partial charge in [0.2, 0.25) is 0 Å². The molecule has 106 valence electrons. The fourth-order valence-electron chi connectivity index (χ4n) is 2.10. The molecule has 0 amide bonds. The molecule has 2 rings (SSSR count). The molecule has 0 fully saturated rings. The zero-order valence-corrected chi connectivity index (χ0v) is 12.3. The van der Waals surface area contributed by atoms with Crippen LogP contribution in [0.15, 0.2) is 42.5 Å². The van der Waals surface area contributed by atoms with Gasteiger partial charge in [0, 0.05) is 12.1 Å². The highest BCUT2D eigenvalue weighted by molar-refractivity contribution is 5.58. The van der Waals surface area contributed by atoms with Gasteiger partial charge in [-0.15, -0.1) is 0 Å². The molecule has 0 aliphatic heterocycles. The van der Waals surface area contributed by atoms with Gasteiger partial charge >= 0.3 is 0 Å². The van der Waals surface area contributed by atoms with Crippen LogP contribution in [0, 0.1) is 6.92 Å². The van der Waals surface area contributed by atoms with E-state index < -0.39 is 0 Å². The molecular weight excluding hydrogens is 250 g/mol. The van der Waals surface area contributed by atoms with Crippen LogP contribution in [0.25, 0.3) is 0 Å². The van der Waals surface area contributed by atoms with Crippen molar-refractivity contribution in [3.8, 4) is 11.5 Å². The zero-order chi connectivity index (χ0) is 14.4. The Hall–Kier alpha value is -2.16. The number of nitrogens with one attached hydrogen (secondary N) is 1. The van der Waals surface area contributed by atoms with Crippen LogP contribution in [0.2, 0.25) is 0 Å². The molecule has 0 saturated heterocycles. The van der Waals surface area contributed by atoms with Crippen LogP contribution in [0.4, 0.5) is 5.69 Å².